The third-order valence-electron chi connectivity index (χ3n) is 3.20. The molecule has 0 radical (unpaired) electrons. The smallest absolute Gasteiger partial charge is 0.125 e. The number of nitrogens with zero attached hydrogens (tertiary/aromatic N) is 2. The van der Waals surface area contributed by atoms with Crippen LogP contribution in [0.5, 0.6) is 0 Å². The van der Waals surface area contributed by atoms with Gasteiger partial charge in [0, 0.05) is 12.7 Å². The van der Waals surface area contributed by atoms with Crippen LogP contribution in [0.3, 0.4) is 0 Å². The zero-order valence-electron chi connectivity index (χ0n) is 11.2. The van der Waals surface area contributed by atoms with E-state index in [-0.39, 0.29) is 5.82 Å². The Hall–Kier alpha value is -2.14. The van der Waals surface area contributed by atoms with Crippen molar-refractivity contribution in [2.45, 2.75) is 6.92 Å². The first-order valence-corrected chi connectivity index (χ1v) is 7.02. The fourth-order valence-electron chi connectivity index (χ4n) is 2.21. The van der Waals surface area contributed by atoms with Crippen LogP contribution in [0.25, 0.3) is 10.2 Å². The van der Waals surface area contributed by atoms with Crippen molar-refractivity contribution in [3.8, 4) is 0 Å². The van der Waals surface area contributed by atoms with Crippen molar-refractivity contribution in [1.82, 2.24) is 4.98 Å². The summed E-state index contributed by atoms with van der Waals surface area (Å²) >= 11 is 1.62. The highest BCUT2D eigenvalue weighted by atomic mass is 32.1. The molecule has 3 rings (SSSR count). The van der Waals surface area contributed by atoms with Crippen LogP contribution in [0, 0.1) is 12.7 Å². The van der Waals surface area contributed by atoms with Crippen molar-refractivity contribution >= 4 is 38.6 Å². The van der Waals surface area contributed by atoms with Gasteiger partial charge in [-0.25, -0.2) is 9.37 Å². The van der Waals surface area contributed by atoms with E-state index >= 15 is 0 Å². The van der Waals surface area contributed by atoms with E-state index in [9.17, 15) is 4.39 Å². The second kappa shape index (κ2) is 4.76. The Morgan fingerprint density at radius 3 is 2.80 bits per heavy atom. The molecule has 5 heteroatoms. The topological polar surface area (TPSA) is 42.2 Å². The summed E-state index contributed by atoms with van der Waals surface area (Å²) in [6.07, 6.45) is 0. The van der Waals surface area contributed by atoms with E-state index < -0.39 is 0 Å². The van der Waals surface area contributed by atoms with Gasteiger partial charge < -0.3 is 10.6 Å². The van der Waals surface area contributed by atoms with Crippen molar-refractivity contribution < 1.29 is 4.39 Å². The predicted molar refractivity (Wildman–Crippen MR) is 83.2 cm³/mol. The number of anilines is 3. The maximum Gasteiger partial charge on any atom is 0.125 e. The Morgan fingerprint density at radius 1 is 1.25 bits per heavy atom. The molecule has 0 fully saturated rings. The van der Waals surface area contributed by atoms with Crippen molar-refractivity contribution in [2.75, 3.05) is 17.7 Å². The molecule has 0 atom stereocenters. The fourth-order valence-corrected chi connectivity index (χ4v) is 3.07. The third kappa shape index (κ3) is 2.20. The van der Waals surface area contributed by atoms with Gasteiger partial charge in [-0.05, 0) is 37.3 Å². The van der Waals surface area contributed by atoms with E-state index in [1.54, 1.807) is 17.4 Å². The number of halogens is 1. The van der Waals surface area contributed by atoms with Gasteiger partial charge in [-0.2, -0.15) is 0 Å². The Morgan fingerprint density at radius 2 is 2.05 bits per heavy atom. The largest absolute Gasteiger partial charge is 0.397 e. The summed E-state index contributed by atoms with van der Waals surface area (Å²) in [5.41, 5.74) is 9.27. The molecule has 0 saturated heterocycles. The van der Waals surface area contributed by atoms with Crippen LogP contribution in [0.4, 0.5) is 21.5 Å². The second-order valence-electron chi connectivity index (χ2n) is 4.65. The molecule has 2 aromatic carbocycles. The number of hydrogen-bond donors (Lipinski definition) is 1. The Kier molecular flexibility index (Phi) is 3.06. The lowest BCUT2D eigenvalue weighted by Crippen LogP contribution is -2.11. The van der Waals surface area contributed by atoms with Gasteiger partial charge >= 0.3 is 0 Å². The number of thiazole rings is 1. The molecule has 0 aliphatic heterocycles. The summed E-state index contributed by atoms with van der Waals surface area (Å²) in [6, 6.07) is 10.3. The molecule has 1 heterocycles. The molecule has 102 valence electrons. The van der Waals surface area contributed by atoms with Crippen molar-refractivity contribution in [1.29, 1.82) is 0 Å². The highest BCUT2D eigenvalue weighted by Crippen LogP contribution is 2.34. The maximum absolute atomic E-state index is 13.3. The highest BCUT2D eigenvalue weighted by molar-refractivity contribution is 7.18. The van der Waals surface area contributed by atoms with Crippen LogP contribution >= 0.6 is 11.3 Å². The molecular weight excluding hydrogens is 273 g/mol. The van der Waals surface area contributed by atoms with Crippen molar-refractivity contribution in [3.05, 3.63) is 47.2 Å². The van der Waals surface area contributed by atoms with Crippen LogP contribution in [-0.4, -0.2) is 12.0 Å². The lowest BCUT2D eigenvalue weighted by molar-refractivity contribution is 0.628. The van der Waals surface area contributed by atoms with Gasteiger partial charge in [0.2, 0.25) is 0 Å². The number of nitrogen functional groups attached to an aromatic ring is 1. The first kappa shape index (κ1) is 12.9. The number of fused-ring (bicyclic) bond motifs is 1. The van der Waals surface area contributed by atoms with E-state index in [4.69, 9.17) is 5.73 Å². The summed E-state index contributed by atoms with van der Waals surface area (Å²) in [6.45, 7) is 1.97. The molecule has 3 aromatic rings. The quantitative estimate of drug-likeness (QED) is 0.722. The zero-order chi connectivity index (χ0) is 14.3. The molecule has 0 aliphatic carbocycles. The van der Waals surface area contributed by atoms with Crippen LogP contribution in [0.1, 0.15) is 5.01 Å². The minimum Gasteiger partial charge on any atom is -0.397 e. The van der Waals surface area contributed by atoms with Gasteiger partial charge in [-0.1, -0.05) is 6.07 Å². The van der Waals surface area contributed by atoms with Gasteiger partial charge in [0.1, 0.15) is 5.82 Å². The van der Waals surface area contributed by atoms with E-state index in [1.165, 1.54) is 12.1 Å². The van der Waals surface area contributed by atoms with Crippen molar-refractivity contribution in [3.63, 3.8) is 0 Å². The predicted octanol–water partition coefficient (Wildman–Crippen LogP) is 4.09. The van der Waals surface area contributed by atoms with E-state index in [1.807, 2.05) is 37.1 Å². The lowest BCUT2D eigenvalue weighted by Gasteiger charge is -2.21. The normalized spacial score (nSPS) is 10.9. The monoisotopic (exact) mass is 287 g/mol. The SMILES string of the molecule is Cc1nc2cc(N(C)c3cccc(F)c3)c(N)cc2s1. The number of aryl methyl sites for hydroxylation is 1. The van der Waals surface area contributed by atoms with Crippen molar-refractivity contribution in [2.24, 2.45) is 0 Å². The average molecular weight is 287 g/mol. The molecule has 3 nitrogen and oxygen atoms in total. The number of benzene rings is 2. The summed E-state index contributed by atoms with van der Waals surface area (Å²) in [7, 11) is 1.87. The van der Waals surface area contributed by atoms with Gasteiger partial charge in [-0.15, -0.1) is 11.3 Å². The van der Waals surface area contributed by atoms with Gasteiger partial charge in [0.05, 0.1) is 26.6 Å². The minimum absolute atomic E-state index is 0.265. The number of nitrogens with two attached hydrogens (primary N) is 1. The van der Waals surface area contributed by atoms with Gasteiger partial charge in [0.25, 0.3) is 0 Å². The van der Waals surface area contributed by atoms with Crippen LogP contribution in [0.15, 0.2) is 36.4 Å². The molecule has 0 bridgehead atoms. The molecule has 1 aromatic heterocycles. The summed E-state index contributed by atoms with van der Waals surface area (Å²) in [5.74, 6) is -0.265. The molecule has 2 N–H and O–H groups in total. The number of aromatic nitrogens is 1. The number of rotatable bonds is 2. The van der Waals surface area contributed by atoms with Crippen LogP contribution < -0.4 is 10.6 Å². The Bertz CT molecular complexity index is 782. The average Bonchev–Trinajstić information content (AvgIpc) is 2.76. The first-order valence-electron chi connectivity index (χ1n) is 6.20. The maximum atomic E-state index is 13.3. The molecular formula is C15H14FN3S. The first-order chi connectivity index (χ1) is 9.54. The molecule has 0 aliphatic rings. The van der Waals surface area contributed by atoms with Crippen LogP contribution in [-0.2, 0) is 0 Å². The second-order valence-corrected chi connectivity index (χ2v) is 5.89. The number of hydrogen-bond acceptors (Lipinski definition) is 4. The Balaban J connectivity index is 2.10. The summed E-state index contributed by atoms with van der Waals surface area (Å²) in [5, 5.41) is 1.00. The van der Waals surface area contributed by atoms with Gasteiger partial charge in [-0.3, -0.25) is 0 Å². The summed E-state index contributed by atoms with van der Waals surface area (Å²) < 4.78 is 14.4. The Labute approximate surface area is 120 Å². The highest BCUT2D eigenvalue weighted by Gasteiger charge is 2.11. The lowest BCUT2D eigenvalue weighted by atomic mass is 10.2. The molecule has 0 amide bonds. The fraction of sp³-hybridized carbons (Fsp3) is 0.133. The van der Waals surface area contributed by atoms with Gasteiger partial charge in [0.15, 0.2) is 0 Å². The standard InChI is InChI=1S/C15H14FN3S/c1-9-18-13-8-14(12(17)7-15(13)20-9)19(2)11-5-3-4-10(16)6-11/h3-8H,17H2,1-2H3. The molecule has 0 spiro atoms. The minimum atomic E-state index is -0.265. The summed E-state index contributed by atoms with van der Waals surface area (Å²) in [4.78, 5) is 6.34. The molecule has 0 saturated carbocycles. The molecule has 20 heavy (non-hydrogen) atoms. The van der Waals surface area contributed by atoms with E-state index in [0.29, 0.717) is 5.69 Å². The zero-order valence-corrected chi connectivity index (χ0v) is 12.0. The van der Waals surface area contributed by atoms with E-state index in [2.05, 4.69) is 4.98 Å². The van der Waals surface area contributed by atoms with E-state index in [0.717, 1.165) is 26.6 Å². The molecule has 0 unspecified atom stereocenters. The third-order valence-corrected chi connectivity index (χ3v) is 4.13. The van der Waals surface area contributed by atoms with Crippen LogP contribution in [0.2, 0.25) is 0 Å².